The van der Waals surface area contributed by atoms with E-state index in [0.717, 1.165) is 3.57 Å². The molecule has 9 heteroatoms. The molecule has 0 unspecified atom stereocenters. The van der Waals surface area contributed by atoms with Crippen LogP contribution in [-0.2, 0) is 9.53 Å². The second kappa shape index (κ2) is 11.2. The third-order valence-corrected chi connectivity index (χ3v) is 4.53. The van der Waals surface area contributed by atoms with Gasteiger partial charge >= 0.3 is 5.97 Å². The number of rotatable bonds is 9. The van der Waals surface area contributed by atoms with Crippen molar-refractivity contribution in [1.29, 1.82) is 0 Å². The molecule has 1 amide bonds. The topological polar surface area (TPSA) is 95.5 Å². The van der Waals surface area contributed by atoms with Gasteiger partial charge in [-0.3, -0.25) is 4.79 Å². The van der Waals surface area contributed by atoms with E-state index in [4.69, 9.17) is 14.2 Å². The summed E-state index contributed by atoms with van der Waals surface area (Å²) >= 11 is 2.13. The summed E-state index contributed by atoms with van der Waals surface area (Å²) < 4.78 is 21.6. The number of hydrogen-bond acceptors (Lipinski definition) is 7. The number of methoxy groups -OCH3 is 2. The van der Waals surface area contributed by atoms with E-state index in [-0.39, 0.29) is 12.5 Å². The lowest BCUT2D eigenvalue weighted by molar-refractivity contribution is -0.142. The summed E-state index contributed by atoms with van der Waals surface area (Å²) in [6, 6.07) is 10.2. The SMILES string of the molecule is CCOc1cc(/C=N\NC(=O)c2ccc(I)c(OC)c2)ccc1OCC(=O)OC. The third-order valence-electron chi connectivity index (χ3n) is 3.63. The molecule has 1 N–H and O–H groups in total. The maximum absolute atomic E-state index is 12.2. The number of nitrogens with zero attached hydrogens (tertiary/aromatic N) is 1. The van der Waals surface area contributed by atoms with Crippen LogP contribution in [0.1, 0.15) is 22.8 Å². The zero-order valence-corrected chi connectivity index (χ0v) is 18.4. The van der Waals surface area contributed by atoms with Crippen molar-refractivity contribution in [2.24, 2.45) is 5.10 Å². The average Bonchev–Trinajstić information content (AvgIpc) is 2.73. The van der Waals surface area contributed by atoms with Crippen LogP contribution in [0.4, 0.5) is 0 Å². The van der Waals surface area contributed by atoms with Gasteiger partial charge in [-0.1, -0.05) is 0 Å². The quantitative estimate of drug-likeness (QED) is 0.240. The van der Waals surface area contributed by atoms with Crippen molar-refractivity contribution in [1.82, 2.24) is 5.43 Å². The predicted molar refractivity (Wildman–Crippen MR) is 116 cm³/mol. The molecule has 0 aliphatic heterocycles. The van der Waals surface area contributed by atoms with E-state index >= 15 is 0 Å². The zero-order valence-electron chi connectivity index (χ0n) is 16.2. The molecule has 0 aromatic heterocycles. The molecule has 2 aromatic rings. The normalized spacial score (nSPS) is 10.5. The summed E-state index contributed by atoms with van der Waals surface area (Å²) in [7, 11) is 2.83. The molecule has 0 aliphatic rings. The van der Waals surface area contributed by atoms with E-state index in [2.05, 4.69) is 37.9 Å². The van der Waals surface area contributed by atoms with Crippen molar-refractivity contribution in [2.45, 2.75) is 6.92 Å². The molecule has 2 aromatic carbocycles. The summed E-state index contributed by atoms with van der Waals surface area (Å²) in [5.41, 5.74) is 3.58. The van der Waals surface area contributed by atoms with Crippen LogP contribution in [0.5, 0.6) is 17.2 Å². The van der Waals surface area contributed by atoms with Gasteiger partial charge in [-0.15, -0.1) is 0 Å². The van der Waals surface area contributed by atoms with Gasteiger partial charge in [-0.2, -0.15) is 5.10 Å². The number of hydrogen-bond donors (Lipinski definition) is 1. The fourth-order valence-corrected chi connectivity index (χ4v) is 2.77. The Kier molecular flexibility index (Phi) is 8.71. The van der Waals surface area contributed by atoms with Crippen LogP contribution < -0.4 is 19.6 Å². The van der Waals surface area contributed by atoms with Crippen LogP contribution in [0.2, 0.25) is 0 Å². The van der Waals surface area contributed by atoms with E-state index in [1.54, 1.807) is 43.5 Å². The lowest BCUT2D eigenvalue weighted by Crippen LogP contribution is -2.17. The molecule has 29 heavy (non-hydrogen) atoms. The van der Waals surface area contributed by atoms with Gasteiger partial charge in [0.25, 0.3) is 5.91 Å². The number of amides is 1. The van der Waals surface area contributed by atoms with Gasteiger partial charge in [-0.25, -0.2) is 10.2 Å². The molecule has 0 spiro atoms. The van der Waals surface area contributed by atoms with E-state index in [1.165, 1.54) is 13.3 Å². The Morgan fingerprint density at radius 3 is 2.55 bits per heavy atom. The average molecular weight is 512 g/mol. The van der Waals surface area contributed by atoms with Gasteiger partial charge in [0.2, 0.25) is 0 Å². The van der Waals surface area contributed by atoms with Gasteiger partial charge in [0.05, 0.1) is 30.6 Å². The fourth-order valence-electron chi connectivity index (χ4n) is 2.22. The van der Waals surface area contributed by atoms with Gasteiger partial charge in [0, 0.05) is 5.56 Å². The molecule has 8 nitrogen and oxygen atoms in total. The summed E-state index contributed by atoms with van der Waals surface area (Å²) in [5.74, 6) is 0.622. The van der Waals surface area contributed by atoms with Crippen molar-refractivity contribution in [2.75, 3.05) is 27.4 Å². The van der Waals surface area contributed by atoms with Gasteiger partial charge in [-0.05, 0) is 71.5 Å². The lowest BCUT2D eigenvalue weighted by atomic mass is 10.2. The molecule has 154 valence electrons. The summed E-state index contributed by atoms with van der Waals surface area (Å²) in [6.45, 7) is 2.03. The van der Waals surface area contributed by atoms with Gasteiger partial charge < -0.3 is 18.9 Å². The Bertz CT molecular complexity index is 901. The van der Waals surface area contributed by atoms with Crippen molar-refractivity contribution < 1.29 is 28.5 Å². The molecular weight excluding hydrogens is 491 g/mol. The second-order valence-electron chi connectivity index (χ2n) is 5.55. The highest BCUT2D eigenvalue weighted by Crippen LogP contribution is 2.28. The molecule has 0 atom stereocenters. The minimum Gasteiger partial charge on any atom is -0.496 e. The highest BCUT2D eigenvalue weighted by atomic mass is 127. The van der Waals surface area contributed by atoms with E-state index < -0.39 is 5.97 Å². The lowest BCUT2D eigenvalue weighted by Gasteiger charge is -2.11. The number of carbonyl (C=O) groups excluding carboxylic acids is 2. The van der Waals surface area contributed by atoms with Gasteiger partial charge in [0.1, 0.15) is 5.75 Å². The molecule has 0 heterocycles. The van der Waals surface area contributed by atoms with Crippen molar-refractivity contribution in [3.05, 3.63) is 51.1 Å². The fraction of sp³-hybridized carbons (Fsp3) is 0.250. The Morgan fingerprint density at radius 1 is 1.07 bits per heavy atom. The third kappa shape index (κ3) is 6.63. The summed E-state index contributed by atoms with van der Waals surface area (Å²) in [5, 5.41) is 3.98. The molecule has 0 saturated heterocycles. The molecule has 0 bridgehead atoms. The second-order valence-corrected chi connectivity index (χ2v) is 6.71. The number of ether oxygens (including phenoxy) is 4. The number of carbonyl (C=O) groups is 2. The van der Waals surface area contributed by atoms with Gasteiger partial charge in [0.15, 0.2) is 18.1 Å². The largest absolute Gasteiger partial charge is 0.496 e. The van der Waals surface area contributed by atoms with Crippen LogP contribution in [0, 0.1) is 3.57 Å². The number of benzene rings is 2. The first-order valence-electron chi connectivity index (χ1n) is 8.61. The molecule has 0 saturated carbocycles. The monoisotopic (exact) mass is 512 g/mol. The highest BCUT2D eigenvalue weighted by molar-refractivity contribution is 14.1. The van der Waals surface area contributed by atoms with Crippen LogP contribution in [0.3, 0.4) is 0 Å². The summed E-state index contributed by atoms with van der Waals surface area (Å²) in [4.78, 5) is 23.5. The van der Waals surface area contributed by atoms with Crippen LogP contribution in [-0.4, -0.2) is 45.5 Å². The Hall–Kier alpha value is -2.82. The molecule has 0 radical (unpaired) electrons. The Morgan fingerprint density at radius 2 is 1.86 bits per heavy atom. The van der Waals surface area contributed by atoms with Crippen molar-refractivity contribution in [3.8, 4) is 17.2 Å². The first-order chi connectivity index (χ1) is 14.0. The highest BCUT2D eigenvalue weighted by Gasteiger charge is 2.10. The van der Waals surface area contributed by atoms with E-state index in [9.17, 15) is 9.59 Å². The van der Waals surface area contributed by atoms with Crippen LogP contribution >= 0.6 is 22.6 Å². The zero-order chi connectivity index (χ0) is 21.2. The predicted octanol–water partition coefficient (Wildman–Crippen LogP) is 3.01. The molecule has 2 rings (SSSR count). The Labute approximate surface area is 182 Å². The molecule has 0 aliphatic carbocycles. The Balaban J connectivity index is 2.06. The van der Waals surface area contributed by atoms with E-state index in [1.807, 2.05) is 6.92 Å². The van der Waals surface area contributed by atoms with Crippen LogP contribution in [0.25, 0.3) is 0 Å². The first kappa shape index (κ1) is 22.5. The smallest absolute Gasteiger partial charge is 0.343 e. The molecule has 0 fully saturated rings. The minimum absolute atomic E-state index is 0.223. The maximum atomic E-state index is 12.2. The standard InChI is InChI=1S/C20H21IN2O6/c1-4-28-18-9-13(5-8-16(18)29-12-19(24)27-3)11-22-23-20(25)14-6-7-15(21)17(10-14)26-2/h5-11H,4,12H2,1-3H3,(H,23,25)/b22-11-. The minimum atomic E-state index is -0.493. The number of halogens is 1. The van der Waals surface area contributed by atoms with Crippen molar-refractivity contribution >= 4 is 40.7 Å². The maximum Gasteiger partial charge on any atom is 0.343 e. The van der Waals surface area contributed by atoms with Crippen molar-refractivity contribution in [3.63, 3.8) is 0 Å². The number of nitrogens with one attached hydrogen (secondary N) is 1. The first-order valence-corrected chi connectivity index (χ1v) is 9.69. The van der Waals surface area contributed by atoms with Crippen LogP contribution in [0.15, 0.2) is 41.5 Å². The number of esters is 1. The summed E-state index contributed by atoms with van der Waals surface area (Å²) in [6.07, 6.45) is 1.48. The molecular formula is C20H21IN2O6. The number of hydrazone groups is 1. The van der Waals surface area contributed by atoms with E-state index in [0.29, 0.717) is 35.0 Å².